The lowest BCUT2D eigenvalue weighted by Gasteiger charge is -2.04. The fraction of sp³-hybridized carbons (Fsp3) is 0.200. The van der Waals surface area contributed by atoms with E-state index >= 15 is 0 Å². The average Bonchev–Trinajstić information content (AvgIpc) is 2.82. The van der Waals surface area contributed by atoms with Gasteiger partial charge in [-0.1, -0.05) is 23.8 Å². The maximum absolute atomic E-state index is 5.61. The highest BCUT2D eigenvalue weighted by Gasteiger charge is 2.06. The van der Waals surface area contributed by atoms with E-state index < -0.39 is 0 Å². The summed E-state index contributed by atoms with van der Waals surface area (Å²) in [6, 6.07) is 12.3. The lowest BCUT2D eigenvalue weighted by Crippen LogP contribution is -2.06. The molecule has 0 unspecified atom stereocenters. The standard InChI is InChI=1S/C15H16N4/c1-11-3-2-4-12(9-11)14-5-6-15-17-10-13(7-8-16)19(15)18-14/h2-6,9-10H,7-8,16H2,1H3. The number of aromatic nitrogens is 3. The molecule has 0 fully saturated rings. The first kappa shape index (κ1) is 11.9. The minimum atomic E-state index is 0.601. The van der Waals surface area contributed by atoms with Crippen LogP contribution in [0.5, 0.6) is 0 Å². The van der Waals surface area contributed by atoms with E-state index in [-0.39, 0.29) is 0 Å². The van der Waals surface area contributed by atoms with Gasteiger partial charge in [-0.15, -0.1) is 0 Å². The van der Waals surface area contributed by atoms with Crippen LogP contribution in [0.2, 0.25) is 0 Å². The van der Waals surface area contributed by atoms with Crippen molar-refractivity contribution in [2.75, 3.05) is 6.54 Å². The molecule has 4 nitrogen and oxygen atoms in total. The van der Waals surface area contributed by atoms with Crippen LogP contribution in [-0.2, 0) is 6.42 Å². The first-order chi connectivity index (χ1) is 9.28. The summed E-state index contributed by atoms with van der Waals surface area (Å²) in [6.07, 6.45) is 2.63. The number of hydrogen-bond donors (Lipinski definition) is 1. The normalized spacial score (nSPS) is 11.1. The molecule has 96 valence electrons. The number of nitrogens with two attached hydrogens (primary N) is 1. The lowest BCUT2D eigenvalue weighted by atomic mass is 10.1. The van der Waals surface area contributed by atoms with Gasteiger partial charge in [0.2, 0.25) is 0 Å². The van der Waals surface area contributed by atoms with E-state index in [4.69, 9.17) is 5.73 Å². The molecule has 0 aliphatic carbocycles. The highest BCUT2D eigenvalue weighted by molar-refractivity contribution is 5.61. The van der Waals surface area contributed by atoms with Crippen LogP contribution in [-0.4, -0.2) is 21.1 Å². The zero-order valence-corrected chi connectivity index (χ0v) is 10.9. The third-order valence-electron chi connectivity index (χ3n) is 3.15. The number of rotatable bonds is 3. The first-order valence-electron chi connectivity index (χ1n) is 6.39. The third kappa shape index (κ3) is 2.22. The molecule has 0 spiro atoms. The molecular formula is C15H16N4. The first-order valence-corrected chi connectivity index (χ1v) is 6.39. The topological polar surface area (TPSA) is 56.2 Å². The van der Waals surface area contributed by atoms with Crippen molar-refractivity contribution in [3.8, 4) is 11.3 Å². The fourth-order valence-electron chi connectivity index (χ4n) is 2.20. The van der Waals surface area contributed by atoms with E-state index in [2.05, 4.69) is 35.2 Å². The summed E-state index contributed by atoms with van der Waals surface area (Å²) in [4.78, 5) is 4.33. The summed E-state index contributed by atoms with van der Waals surface area (Å²) in [5.74, 6) is 0. The fourth-order valence-corrected chi connectivity index (χ4v) is 2.20. The summed E-state index contributed by atoms with van der Waals surface area (Å²) < 4.78 is 1.88. The van der Waals surface area contributed by atoms with E-state index in [1.807, 2.05) is 28.9 Å². The molecule has 0 bridgehead atoms. The molecule has 2 N–H and O–H groups in total. The van der Waals surface area contributed by atoms with E-state index in [1.165, 1.54) is 5.56 Å². The summed E-state index contributed by atoms with van der Waals surface area (Å²) in [5.41, 5.74) is 10.8. The van der Waals surface area contributed by atoms with Crippen molar-refractivity contribution in [2.45, 2.75) is 13.3 Å². The lowest BCUT2D eigenvalue weighted by molar-refractivity contribution is 0.830. The van der Waals surface area contributed by atoms with Gasteiger partial charge in [0.15, 0.2) is 5.65 Å². The van der Waals surface area contributed by atoms with Crippen molar-refractivity contribution in [1.82, 2.24) is 14.6 Å². The van der Waals surface area contributed by atoms with Crippen LogP contribution in [0.4, 0.5) is 0 Å². The van der Waals surface area contributed by atoms with Crippen LogP contribution < -0.4 is 5.73 Å². The Balaban J connectivity index is 2.12. The molecule has 19 heavy (non-hydrogen) atoms. The van der Waals surface area contributed by atoms with Gasteiger partial charge in [0.1, 0.15) is 0 Å². The highest BCUT2D eigenvalue weighted by Crippen LogP contribution is 2.19. The molecule has 0 saturated carbocycles. The number of hydrogen-bond acceptors (Lipinski definition) is 3. The molecule has 1 aromatic carbocycles. The van der Waals surface area contributed by atoms with Crippen LogP contribution in [0.15, 0.2) is 42.6 Å². The van der Waals surface area contributed by atoms with E-state index in [0.29, 0.717) is 6.54 Å². The second kappa shape index (κ2) is 4.82. The molecular weight excluding hydrogens is 236 g/mol. The van der Waals surface area contributed by atoms with Crippen LogP contribution in [0, 0.1) is 6.92 Å². The second-order valence-electron chi connectivity index (χ2n) is 4.65. The van der Waals surface area contributed by atoms with Crippen molar-refractivity contribution in [1.29, 1.82) is 0 Å². The summed E-state index contributed by atoms with van der Waals surface area (Å²) in [5, 5.41) is 4.66. The zero-order valence-electron chi connectivity index (χ0n) is 10.9. The number of aryl methyl sites for hydroxylation is 1. The molecule has 0 aliphatic rings. The Hall–Kier alpha value is -2.20. The van der Waals surface area contributed by atoms with E-state index in [0.717, 1.165) is 29.0 Å². The second-order valence-corrected chi connectivity index (χ2v) is 4.65. The average molecular weight is 252 g/mol. The number of benzene rings is 1. The van der Waals surface area contributed by atoms with Crippen LogP contribution in [0.1, 0.15) is 11.3 Å². The summed E-state index contributed by atoms with van der Waals surface area (Å²) in [7, 11) is 0. The molecule has 2 aromatic heterocycles. The molecule has 3 rings (SSSR count). The molecule has 0 saturated heterocycles. The molecule has 3 aromatic rings. The van der Waals surface area contributed by atoms with Crippen molar-refractivity contribution in [3.63, 3.8) is 0 Å². The Morgan fingerprint density at radius 1 is 1.21 bits per heavy atom. The Labute approximate surface area is 111 Å². The minimum absolute atomic E-state index is 0.601. The van der Waals surface area contributed by atoms with Gasteiger partial charge in [0, 0.05) is 12.0 Å². The summed E-state index contributed by atoms with van der Waals surface area (Å²) in [6.45, 7) is 2.68. The molecule has 0 radical (unpaired) electrons. The Morgan fingerprint density at radius 3 is 2.89 bits per heavy atom. The van der Waals surface area contributed by atoms with Gasteiger partial charge in [0.25, 0.3) is 0 Å². The Kier molecular flexibility index (Phi) is 3.01. The highest BCUT2D eigenvalue weighted by atomic mass is 15.3. The van der Waals surface area contributed by atoms with Crippen molar-refractivity contribution in [3.05, 3.63) is 53.9 Å². The molecule has 2 heterocycles. The number of imidazole rings is 1. The number of nitrogens with zero attached hydrogens (tertiary/aromatic N) is 3. The smallest absolute Gasteiger partial charge is 0.153 e. The number of fused-ring (bicyclic) bond motifs is 1. The molecule has 0 amide bonds. The Morgan fingerprint density at radius 2 is 2.11 bits per heavy atom. The zero-order chi connectivity index (χ0) is 13.2. The third-order valence-corrected chi connectivity index (χ3v) is 3.15. The maximum atomic E-state index is 5.61. The van der Waals surface area contributed by atoms with Gasteiger partial charge in [-0.2, -0.15) is 5.10 Å². The van der Waals surface area contributed by atoms with Crippen LogP contribution >= 0.6 is 0 Å². The van der Waals surface area contributed by atoms with Gasteiger partial charge in [-0.3, -0.25) is 0 Å². The predicted octanol–water partition coefficient (Wildman–Crippen LogP) is 2.21. The maximum Gasteiger partial charge on any atom is 0.153 e. The largest absolute Gasteiger partial charge is 0.330 e. The molecule has 4 heteroatoms. The van der Waals surface area contributed by atoms with Gasteiger partial charge >= 0.3 is 0 Å². The Bertz CT molecular complexity index is 715. The van der Waals surface area contributed by atoms with Crippen molar-refractivity contribution < 1.29 is 0 Å². The van der Waals surface area contributed by atoms with Gasteiger partial charge in [0.05, 0.1) is 17.6 Å². The quantitative estimate of drug-likeness (QED) is 0.777. The van der Waals surface area contributed by atoms with Gasteiger partial charge in [-0.05, 0) is 31.7 Å². The molecule has 0 aliphatic heterocycles. The summed E-state index contributed by atoms with van der Waals surface area (Å²) >= 11 is 0. The van der Waals surface area contributed by atoms with E-state index in [9.17, 15) is 0 Å². The monoisotopic (exact) mass is 252 g/mol. The molecule has 0 atom stereocenters. The van der Waals surface area contributed by atoms with Crippen LogP contribution in [0.25, 0.3) is 16.9 Å². The van der Waals surface area contributed by atoms with Crippen molar-refractivity contribution >= 4 is 5.65 Å². The SMILES string of the molecule is Cc1cccc(-c2ccc3ncc(CCN)n3n2)c1. The van der Waals surface area contributed by atoms with Gasteiger partial charge in [-0.25, -0.2) is 9.50 Å². The van der Waals surface area contributed by atoms with Crippen molar-refractivity contribution in [2.24, 2.45) is 5.73 Å². The van der Waals surface area contributed by atoms with E-state index in [1.54, 1.807) is 0 Å². The predicted molar refractivity (Wildman–Crippen MR) is 75.9 cm³/mol. The van der Waals surface area contributed by atoms with Crippen LogP contribution in [0.3, 0.4) is 0 Å². The minimum Gasteiger partial charge on any atom is -0.330 e. The van der Waals surface area contributed by atoms with Gasteiger partial charge < -0.3 is 5.73 Å².